The first-order valence-corrected chi connectivity index (χ1v) is 10.8. The van der Waals surface area contributed by atoms with Gasteiger partial charge in [-0.2, -0.15) is 0 Å². The number of aliphatic hydroxyl groups is 1. The van der Waals surface area contributed by atoms with Gasteiger partial charge in [-0.3, -0.25) is 4.79 Å². The fraction of sp³-hybridized carbons (Fsp3) is 0.320. The summed E-state index contributed by atoms with van der Waals surface area (Å²) >= 11 is 0. The average Bonchev–Trinajstić information content (AvgIpc) is 3.13. The number of carbonyl (C=O) groups excluding carboxylic acids is 2. The number of nitrogens with one attached hydrogen (secondary N) is 2. The molecule has 4 N–H and O–H groups in total. The molecule has 2 aromatic rings. The van der Waals surface area contributed by atoms with E-state index < -0.39 is 36.7 Å². The number of hydrogen-bond acceptors (Lipinski definition) is 5. The van der Waals surface area contributed by atoms with E-state index in [-0.39, 0.29) is 25.4 Å². The van der Waals surface area contributed by atoms with E-state index in [1.807, 2.05) is 48.5 Å². The Labute approximate surface area is 192 Å². The van der Waals surface area contributed by atoms with Crippen LogP contribution < -0.4 is 10.6 Å². The van der Waals surface area contributed by atoms with Crippen LogP contribution in [0.5, 0.6) is 0 Å². The molecule has 0 aliphatic heterocycles. The summed E-state index contributed by atoms with van der Waals surface area (Å²) in [5.74, 6) is -2.04. The molecular formula is C25H28N2O6. The van der Waals surface area contributed by atoms with Crippen molar-refractivity contribution in [1.29, 1.82) is 0 Å². The number of carboxylic acid groups (broad SMARTS) is 1. The van der Waals surface area contributed by atoms with Crippen LogP contribution in [0.25, 0.3) is 11.1 Å². The minimum atomic E-state index is -1.26. The van der Waals surface area contributed by atoms with Crippen molar-refractivity contribution in [3.8, 4) is 11.1 Å². The van der Waals surface area contributed by atoms with Gasteiger partial charge in [0.05, 0.1) is 0 Å². The van der Waals surface area contributed by atoms with E-state index >= 15 is 0 Å². The second kappa shape index (κ2) is 11.3. The zero-order chi connectivity index (χ0) is 23.8. The highest BCUT2D eigenvalue weighted by molar-refractivity contribution is 5.89. The van der Waals surface area contributed by atoms with Gasteiger partial charge < -0.3 is 25.6 Å². The van der Waals surface area contributed by atoms with E-state index in [2.05, 4.69) is 17.2 Å². The Balaban J connectivity index is 1.65. The van der Waals surface area contributed by atoms with Gasteiger partial charge in [0.15, 0.2) is 0 Å². The van der Waals surface area contributed by atoms with E-state index in [1.165, 1.54) is 0 Å². The van der Waals surface area contributed by atoms with Gasteiger partial charge in [0.25, 0.3) is 0 Å². The zero-order valence-electron chi connectivity index (χ0n) is 18.2. The van der Waals surface area contributed by atoms with Crippen LogP contribution in [-0.2, 0) is 14.3 Å². The Hall–Kier alpha value is -3.65. The van der Waals surface area contributed by atoms with Crippen LogP contribution in [0.15, 0.2) is 61.2 Å². The van der Waals surface area contributed by atoms with Crippen molar-refractivity contribution in [2.24, 2.45) is 0 Å². The van der Waals surface area contributed by atoms with E-state index in [1.54, 1.807) is 6.08 Å². The normalized spacial score (nSPS) is 13.8. The van der Waals surface area contributed by atoms with Gasteiger partial charge in [0.2, 0.25) is 5.91 Å². The molecule has 174 valence electrons. The second-order valence-corrected chi connectivity index (χ2v) is 7.80. The van der Waals surface area contributed by atoms with Gasteiger partial charge in [0, 0.05) is 18.9 Å². The molecule has 0 radical (unpaired) electrons. The Morgan fingerprint density at radius 1 is 0.970 bits per heavy atom. The van der Waals surface area contributed by atoms with Gasteiger partial charge in [0.1, 0.15) is 18.7 Å². The molecule has 0 aromatic heterocycles. The van der Waals surface area contributed by atoms with Crippen LogP contribution >= 0.6 is 0 Å². The van der Waals surface area contributed by atoms with Crippen molar-refractivity contribution in [3.63, 3.8) is 0 Å². The van der Waals surface area contributed by atoms with Gasteiger partial charge >= 0.3 is 12.1 Å². The highest BCUT2D eigenvalue weighted by Crippen LogP contribution is 2.44. The van der Waals surface area contributed by atoms with Crippen LogP contribution in [-0.4, -0.2) is 53.5 Å². The standard InChI is InChI=1S/C25H28N2O6/c1-2-3-12-21(23(29)26-22(13-14-28)24(30)31)27-25(32)33-15-20-18-10-6-4-8-16(18)17-9-5-7-11-19(17)20/h2,4-11,20-22,28H,1,3,12-15H2,(H,26,29)(H,27,32)(H,30,31)/t21?,22-/m0/s1. The third-order valence-electron chi connectivity index (χ3n) is 5.64. The molecule has 0 heterocycles. The number of carbonyl (C=O) groups is 3. The maximum atomic E-state index is 12.6. The van der Waals surface area contributed by atoms with Crippen molar-refractivity contribution in [2.75, 3.05) is 13.2 Å². The first-order valence-electron chi connectivity index (χ1n) is 10.8. The van der Waals surface area contributed by atoms with Crippen molar-refractivity contribution < 1.29 is 29.3 Å². The predicted octanol–water partition coefficient (Wildman–Crippen LogP) is 2.81. The van der Waals surface area contributed by atoms with Crippen molar-refractivity contribution in [3.05, 3.63) is 72.3 Å². The minimum absolute atomic E-state index is 0.0952. The van der Waals surface area contributed by atoms with E-state index in [0.29, 0.717) is 6.42 Å². The monoisotopic (exact) mass is 452 g/mol. The molecule has 3 rings (SSSR count). The summed E-state index contributed by atoms with van der Waals surface area (Å²) in [6.45, 7) is 3.32. The lowest BCUT2D eigenvalue weighted by Gasteiger charge is -2.21. The number of amides is 2. The predicted molar refractivity (Wildman–Crippen MR) is 123 cm³/mol. The Bertz CT molecular complexity index is 976. The molecule has 8 heteroatoms. The molecule has 33 heavy (non-hydrogen) atoms. The summed E-state index contributed by atoms with van der Waals surface area (Å²) in [5.41, 5.74) is 4.35. The molecule has 0 saturated heterocycles. The highest BCUT2D eigenvalue weighted by Gasteiger charge is 2.30. The SMILES string of the molecule is C=CCCC(NC(=O)OCC1c2ccccc2-c2ccccc21)C(=O)N[C@@H](CCO)C(=O)O. The molecule has 1 unspecified atom stereocenters. The molecule has 1 aliphatic carbocycles. The summed E-state index contributed by atoms with van der Waals surface area (Å²) in [4.78, 5) is 36.4. The first-order chi connectivity index (χ1) is 16.0. The maximum absolute atomic E-state index is 12.6. The number of hydrogen-bond donors (Lipinski definition) is 4. The lowest BCUT2D eigenvalue weighted by atomic mass is 9.98. The number of alkyl carbamates (subject to hydrolysis) is 1. The zero-order valence-corrected chi connectivity index (χ0v) is 18.2. The topological polar surface area (TPSA) is 125 Å². The summed E-state index contributed by atoms with van der Waals surface area (Å²) in [7, 11) is 0. The molecule has 0 bridgehead atoms. The molecule has 1 aliphatic rings. The van der Waals surface area contributed by atoms with Crippen LogP contribution in [0.3, 0.4) is 0 Å². The number of carboxylic acids is 1. The number of benzene rings is 2. The minimum Gasteiger partial charge on any atom is -0.480 e. The highest BCUT2D eigenvalue weighted by atomic mass is 16.5. The number of allylic oxidation sites excluding steroid dienone is 1. The summed E-state index contributed by atoms with van der Waals surface area (Å²) < 4.78 is 5.49. The second-order valence-electron chi connectivity index (χ2n) is 7.80. The molecule has 8 nitrogen and oxygen atoms in total. The van der Waals surface area contributed by atoms with E-state index in [9.17, 15) is 19.5 Å². The fourth-order valence-corrected chi connectivity index (χ4v) is 3.99. The Morgan fingerprint density at radius 2 is 1.58 bits per heavy atom. The number of aliphatic hydroxyl groups excluding tert-OH is 1. The number of ether oxygens (including phenoxy) is 1. The van der Waals surface area contributed by atoms with E-state index in [0.717, 1.165) is 22.3 Å². The van der Waals surface area contributed by atoms with Crippen molar-refractivity contribution in [2.45, 2.75) is 37.3 Å². The van der Waals surface area contributed by atoms with Crippen LogP contribution in [0.4, 0.5) is 4.79 Å². The molecule has 0 saturated carbocycles. The van der Waals surface area contributed by atoms with Crippen LogP contribution in [0.2, 0.25) is 0 Å². The fourth-order valence-electron chi connectivity index (χ4n) is 3.99. The number of aliphatic carboxylic acids is 1. The van der Waals surface area contributed by atoms with Gasteiger partial charge in [-0.1, -0.05) is 54.6 Å². The maximum Gasteiger partial charge on any atom is 0.407 e. The quantitative estimate of drug-likeness (QED) is 0.389. The molecule has 2 atom stereocenters. The molecular weight excluding hydrogens is 424 g/mol. The average molecular weight is 453 g/mol. The third kappa shape index (κ3) is 5.78. The van der Waals surface area contributed by atoms with Gasteiger partial charge in [-0.25, -0.2) is 9.59 Å². The summed E-state index contributed by atoms with van der Waals surface area (Å²) in [5, 5.41) is 23.1. The van der Waals surface area contributed by atoms with Crippen LogP contribution in [0, 0.1) is 0 Å². The van der Waals surface area contributed by atoms with Gasteiger partial charge in [-0.05, 0) is 35.1 Å². The molecule has 0 spiro atoms. The third-order valence-corrected chi connectivity index (χ3v) is 5.64. The van der Waals surface area contributed by atoms with Crippen molar-refractivity contribution >= 4 is 18.0 Å². The molecule has 2 aromatic carbocycles. The van der Waals surface area contributed by atoms with Gasteiger partial charge in [-0.15, -0.1) is 6.58 Å². The van der Waals surface area contributed by atoms with E-state index in [4.69, 9.17) is 9.84 Å². The van der Waals surface area contributed by atoms with Crippen molar-refractivity contribution in [1.82, 2.24) is 10.6 Å². The smallest absolute Gasteiger partial charge is 0.407 e. The largest absolute Gasteiger partial charge is 0.480 e. The molecule has 2 amide bonds. The number of rotatable bonds is 11. The summed E-state index contributed by atoms with van der Waals surface area (Å²) in [6.07, 6.45) is 1.35. The Morgan fingerprint density at radius 3 is 2.12 bits per heavy atom. The lowest BCUT2D eigenvalue weighted by Crippen LogP contribution is -2.52. The summed E-state index contributed by atoms with van der Waals surface area (Å²) in [6, 6.07) is 13.7. The number of fused-ring (bicyclic) bond motifs is 3. The Kier molecular flexibility index (Phi) is 8.21. The lowest BCUT2D eigenvalue weighted by molar-refractivity contribution is -0.142. The first kappa shape index (κ1) is 24.0. The van der Waals surface area contributed by atoms with Crippen LogP contribution in [0.1, 0.15) is 36.3 Å². The molecule has 0 fully saturated rings.